The summed E-state index contributed by atoms with van der Waals surface area (Å²) in [5, 5.41) is 8.91. The van der Waals surface area contributed by atoms with Crippen LogP contribution in [0.1, 0.15) is 75.3 Å². The molecule has 0 unspecified atom stereocenters. The summed E-state index contributed by atoms with van der Waals surface area (Å²) in [6, 6.07) is 11.3. The van der Waals surface area contributed by atoms with E-state index in [-0.39, 0.29) is 0 Å². The van der Waals surface area contributed by atoms with Crippen LogP contribution in [0.25, 0.3) is 0 Å². The monoisotopic (exact) mass is 310 g/mol. The minimum absolute atomic E-state index is 0.690. The van der Waals surface area contributed by atoms with Gasteiger partial charge in [-0.15, -0.1) is 0 Å². The minimum Gasteiger partial charge on any atom is -0.300 e. The Morgan fingerprint density at radius 1 is 1.00 bits per heavy atom. The van der Waals surface area contributed by atoms with E-state index in [0.717, 1.165) is 17.5 Å². The van der Waals surface area contributed by atoms with Crippen LogP contribution in [0.3, 0.4) is 0 Å². The van der Waals surface area contributed by atoms with Crippen molar-refractivity contribution in [1.29, 1.82) is 5.26 Å². The Balaban J connectivity index is 1.48. The van der Waals surface area contributed by atoms with E-state index in [1.165, 1.54) is 70.0 Å². The summed E-state index contributed by atoms with van der Waals surface area (Å²) in [6.45, 7) is 4.83. The summed E-state index contributed by atoms with van der Waals surface area (Å²) in [5.74, 6) is 1.70. The number of likely N-dealkylation sites (tertiary alicyclic amines) is 1. The molecule has 0 atom stereocenters. The van der Waals surface area contributed by atoms with Gasteiger partial charge < -0.3 is 4.90 Å². The first-order valence-electron chi connectivity index (χ1n) is 9.54. The third-order valence-corrected chi connectivity index (χ3v) is 6.07. The lowest BCUT2D eigenvalue weighted by atomic mass is 9.81. The van der Waals surface area contributed by atoms with Crippen molar-refractivity contribution >= 4 is 0 Å². The Kier molecular flexibility index (Phi) is 5.73. The molecule has 0 N–H and O–H groups in total. The summed E-state index contributed by atoms with van der Waals surface area (Å²) < 4.78 is 0. The number of piperidine rings is 1. The topological polar surface area (TPSA) is 27.0 Å². The molecule has 0 aromatic heterocycles. The fourth-order valence-corrected chi connectivity index (χ4v) is 4.63. The van der Waals surface area contributed by atoms with Gasteiger partial charge in [-0.05, 0) is 81.1 Å². The molecule has 0 spiro atoms. The summed E-state index contributed by atoms with van der Waals surface area (Å²) in [4.78, 5) is 2.77. The van der Waals surface area contributed by atoms with Crippen molar-refractivity contribution in [2.24, 2.45) is 5.92 Å². The van der Waals surface area contributed by atoms with E-state index in [2.05, 4.69) is 30.0 Å². The molecule has 1 aromatic carbocycles. The first-order valence-corrected chi connectivity index (χ1v) is 9.54. The minimum atomic E-state index is 0.690. The van der Waals surface area contributed by atoms with Crippen LogP contribution < -0.4 is 0 Å². The van der Waals surface area contributed by atoms with Gasteiger partial charge in [-0.25, -0.2) is 0 Å². The Morgan fingerprint density at radius 2 is 1.65 bits per heavy atom. The highest BCUT2D eigenvalue weighted by atomic mass is 15.2. The van der Waals surface area contributed by atoms with Gasteiger partial charge in [0.05, 0.1) is 11.6 Å². The third-order valence-electron chi connectivity index (χ3n) is 6.07. The van der Waals surface area contributed by atoms with E-state index in [1.807, 2.05) is 12.1 Å². The summed E-state index contributed by atoms with van der Waals surface area (Å²) in [6.07, 6.45) is 11.1. The zero-order chi connectivity index (χ0) is 16.1. The summed E-state index contributed by atoms with van der Waals surface area (Å²) in [7, 11) is 0. The molecule has 2 fully saturated rings. The van der Waals surface area contributed by atoms with Gasteiger partial charge in [0.15, 0.2) is 0 Å². The zero-order valence-electron chi connectivity index (χ0n) is 14.5. The maximum atomic E-state index is 8.91. The van der Waals surface area contributed by atoms with Gasteiger partial charge in [0, 0.05) is 6.04 Å². The SMILES string of the molecule is CCCC1CCC(N2CCC(c3ccc(C#N)cc3)CC2)CC1. The molecule has 2 nitrogen and oxygen atoms in total. The number of benzene rings is 1. The van der Waals surface area contributed by atoms with Gasteiger partial charge in [0.2, 0.25) is 0 Å². The van der Waals surface area contributed by atoms with Gasteiger partial charge in [0.25, 0.3) is 0 Å². The van der Waals surface area contributed by atoms with Crippen molar-refractivity contribution in [3.8, 4) is 6.07 Å². The normalized spacial score (nSPS) is 26.8. The maximum Gasteiger partial charge on any atom is 0.0991 e. The fraction of sp³-hybridized carbons (Fsp3) is 0.667. The van der Waals surface area contributed by atoms with E-state index in [1.54, 1.807) is 0 Å². The van der Waals surface area contributed by atoms with E-state index >= 15 is 0 Å². The first kappa shape index (κ1) is 16.5. The van der Waals surface area contributed by atoms with Crippen molar-refractivity contribution in [3.63, 3.8) is 0 Å². The molecule has 124 valence electrons. The van der Waals surface area contributed by atoms with Gasteiger partial charge in [-0.1, -0.05) is 31.9 Å². The molecule has 2 heteroatoms. The average Bonchev–Trinajstić information content (AvgIpc) is 2.63. The standard InChI is InChI=1S/C21H30N2/c1-2-3-17-6-10-21(11-7-17)23-14-12-20(13-15-23)19-8-4-18(16-22)5-9-19/h4-5,8-9,17,20-21H,2-3,6-7,10-15H2,1H3. The molecule has 3 rings (SSSR count). The van der Waals surface area contributed by atoms with Crippen molar-refractivity contribution in [3.05, 3.63) is 35.4 Å². The number of rotatable bonds is 4. The second kappa shape index (κ2) is 7.97. The first-order chi connectivity index (χ1) is 11.3. The van der Waals surface area contributed by atoms with Crippen LogP contribution in [-0.4, -0.2) is 24.0 Å². The molecule has 1 heterocycles. The second-order valence-corrected chi connectivity index (χ2v) is 7.51. The van der Waals surface area contributed by atoms with Crippen molar-refractivity contribution in [2.45, 2.75) is 70.3 Å². The van der Waals surface area contributed by atoms with Crippen molar-refractivity contribution < 1.29 is 0 Å². The van der Waals surface area contributed by atoms with Crippen LogP contribution in [0.5, 0.6) is 0 Å². The van der Waals surface area contributed by atoms with Gasteiger partial charge in [-0.2, -0.15) is 5.26 Å². The molecular formula is C21H30N2. The van der Waals surface area contributed by atoms with Crippen molar-refractivity contribution in [2.75, 3.05) is 13.1 Å². The maximum absolute atomic E-state index is 8.91. The molecule has 1 aromatic rings. The lowest BCUT2D eigenvalue weighted by Gasteiger charge is -2.41. The molecule has 1 saturated heterocycles. The molecule has 0 radical (unpaired) electrons. The third kappa shape index (κ3) is 4.15. The number of hydrogen-bond donors (Lipinski definition) is 0. The summed E-state index contributed by atoms with van der Waals surface area (Å²) in [5.41, 5.74) is 2.20. The Bertz CT molecular complexity index is 512. The van der Waals surface area contributed by atoms with Gasteiger partial charge in [0.1, 0.15) is 0 Å². The Hall–Kier alpha value is -1.33. The largest absolute Gasteiger partial charge is 0.300 e. The van der Waals surface area contributed by atoms with Crippen LogP contribution in [0.4, 0.5) is 0 Å². The van der Waals surface area contributed by atoms with Crippen LogP contribution in [0, 0.1) is 17.2 Å². The fourth-order valence-electron chi connectivity index (χ4n) is 4.63. The number of nitrogens with zero attached hydrogens (tertiary/aromatic N) is 2. The molecule has 1 aliphatic carbocycles. The smallest absolute Gasteiger partial charge is 0.0991 e. The predicted molar refractivity (Wildman–Crippen MR) is 95.4 cm³/mol. The predicted octanol–water partition coefficient (Wildman–Crippen LogP) is 5.10. The molecule has 0 bridgehead atoms. The lowest BCUT2D eigenvalue weighted by molar-refractivity contribution is 0.106. The van der Waals surface area contributed by atoms with E-state index in [9.17, 15) is 0 Å². The molecule has 23 heavy (non-hydrogen) atoms. The highest BCUT2D eigenvalue weighted by molar-refractivity contribution is 5.33. The quantitative estimate of drug-likeness (QED) is 0.774. The van der Waals surface area contributed by atoms with Crippen LogP contribution in [0.2, 0.25) is 0 Å². The average molecular weight is 310 g/mol. The number of nitriles is 1. The lowest BCUT2D eigenvalue weighted by Crippen LogP contribution is -2.42. The van der Waals surface area contributed by atoms with Crippen LogP contribution in [0.15, 0.2) is 24.3 Å². The summed E-state index contributed by atoms with van der Waals surface area (Å²) >= 11 is 0. The van der Waals surface area contributed by atoms with E-state index in [4.69, 9.17) is 5.26 Å². The van der Waals surface area contributed by atoms with Crippen LogP contribution in [-0.2, 0) is 0 Å². The second-order valence-electron chi connectivity index (χ2n) is 7.51. The van der Waals surface area contributed by atoms with E-state index < -0.39 is 0 Å². The highest BCUT2D eigenvalue weighted by Crippen LogP contribution is 2.34. The highest BCUT2D eigenvalue weighted by Gasteiger charge is 2.29. The molecule has 0 amide bonds. The number of hydrogen-bond acceptors (Lipinski definition) is 2. The van der Waals surface area contributed by atoms with Crippen LogP contribution >= 0.6 is 0 Å². The molecule has 1 saturated carbocycles. The van der Waals surface area contributed by atoms with Gasteiger partial charge >= 0.3 is 0 Å². The Morgan fingerprint density at radius 3 is 2.22 bits per heavy atom. The molecule has 2 aliphatic rings. The Labute approximate surface area is 141 Å². The van der Waals surface area contributed by atoms with Gasteiger partial charge in [-0.3, -0.25) is 0 Å². The molecular weight excluding hydrogens is 280 g/mol. The van der Waals surface area contributed by atoms with E-state index in [0.29, 0.717) is 5.92 Å². The molecule has 1 aliphatic heterocycles. The zero-order valence-corrected chi connectivity index (χ0v) is 14.5. The van der Waals surface area contributed by atoms with Crippen molar-refractivity contribution in [1.82, 2.24) is 4.90 Å².